The van der Waals surface area contributed by atoms with Gasteiger partial charge < -0.3 is 9.47 Å². The Bertz CT molecular complexity index is 408. The van der Waals surface area contributed by atoms with E-state index in [1.54, 1.807) is 0 Å². The van der Waals surface area contributed by atoms with Gasteiger partial charge in [-0.15, -0.1) is 0 Å². The maximum Gasteiger partial charge on any atom is 0.335 e. The van der Waals surface area contributed by atoms with Gasteiger partial charge in [-0.2, -0.15) is 0 Å². The van der Waals surface area contributed by atoms with Crippen LogP contribution < -0.4 is 0 Å². The van der Waals surface area contributed by atoms with Crippen molar-refractivity contribution in [3.8, 4) is 0 Å². The highest BCUT2D eigenvalue weighted by molar-refractivity contribution is 5.86. The van der Waals surface area contributed by atoms with Gasteiger partial charge in [0, 0.05) is 5.56 Å². The van der Waals surface area contributed by atoms with Crippen LogP contribution in [-0.4, -0.2) is 13.1 Å². The van der Waals surface area contributed by atoms with Crippen LogP contribution in [-0.2, 0) is 19.9 Å². The van der Waals surface area contributed by atoms with Gasteiger partial charge in [-0.25, -0.2) is 4.79 Å². The molecule has 0 amide bonds. The molecule has 0 bridgehead atoms. The minimum atomic E-state index is -0.785. The molecule has 3 heteroatoms. The van der Waals surface area contributed by atoms with Crippen molar-refractivity contribution in [3.05, 3.63) is 47.7 Å². The zero-order valence-corrected chi connectivity index (χ0v) is 8.69. The van der Waals surface area contributed by atoms with Crippen LogP contribution in [0.5, 0.6) is 0 Å². The number of carbonyl (C=O) groups is 1. The van der Waals surface area contributed by atoms with E-state index in [4.69, 9.17) is 9.47 Å². The summed E-state index contributed by atoms with van der Waals surface area (Å²) in [6.07, 6.45) is 1.38. The van der Waals surface area contributed by atoms with E-state index in [2.05, 4.69) is 0 Å². The Labute approximate surface area is 88.3 Å². The molecule has 0 saturated heterocycles. The van der Waals surface area contributed by atoms with Crippen molar-refractivity contribution in [3.63, 3.8) is 0 Å². The highest BCUT2D eigenvalue weighted by atomic mass is 16.6. The third kappa shape index (κ3) is 1.50. The predicted molar refractivity (Wildman–Crippen MR) is 55.0 cm³/mol. The topological polar surface area (TPSA) is 35.5 Å². The molecule has 0 aromatic heterocycles. The fourth-order valence-corrected chi connectivity index (χ4v) is 1.74. The van der Waals surface area contributed by atoms with E-state index >= 15 is 0 Å². The van der Waals surface area contributed by atoms with E-state index < -0.39 is 5.60 Å². The second kappa shape index (κ2) is 3.42. The lowest BCUT2D eigenvalue weighted by Crippen LogP contribution is -2.25. The van der Waals surface area contributed by atoms with Crippen LogP contribution in [0.4, 0.5) is 0 Å². The molecule has 15 heavy (non-hydrogen) atoms. The molecular formula is C12H12O3. The van der Waals surface area contributed by atoms with Gasteiger partial charge in [-0.1, -0.05) is 30.3 Å². The standard InChI is InChI=1S/C12H12O3/c1-12(9-6-4-3-5-7-9)10(14-2)8-11(13)15-12/h3-8H,1-2H3/t12-/m0/s1. The third-order valence-electron chi connectivity index (χ3n) is 2.57. The summed E-state index contributed by atoms with van der Waals surface area (Å²) in [5, 5.41) is 0. The third-order valence-corrected chi connectivity index (χ3v) is 2.57. The number of hydrogen-bond donors (Lipinski definition) is 0. The van der Waals surface area contributed by atoms with E-state index in [1.807, 2.05) is 37.3 Å². The SMILES string of the molecule is COC1=CC(=O)O[C@@]1(C)c1ccccc1. The highest BCUT2D eigenvalue weighted by Crippen LogP contribution is 2.37. The maximum absolute atomic E-state index is 11.2. The van der Waals surface area contributed by atoms with Crippen molar-refractivity contribution in [2.24, 2.45) is 0 Å². The van der Waals surface area contributed by atoms with Crippen molar-refractivity contribution in [1.29, 1.82) is 0 Å². The number of rotatable bonds is 2. The van der Waals surface area contributed by atoms with Gasteiger partial charge in [0.1, 0.15) is 0 Å². The molecule has 2 rings (SSSR count). The van der Waals surface area contributed by atoms with E-state index in [-0.39, 0.29) is 5.97 Å². The number of carbonyl (C=O) groups excluding carboxylic acids is 1. The summed E-state index contributed by atoms with van der Waals surface area (Å²) in [7, 11) is 1.54. The lowest BCUT2D eigenvalue weighted by molar-refractivity contribution is -0.147. The fraction of sp³-hybridized carbons (Fsp3) is 0.250. The van der Waals surface area contributed by atoms with Crippen molar-refractivity contribution in [2.75, 3.05) is 7.11 Å². The van der Waals surface area contributed by atoms with E-state index in [0.717, 1.165) is 5.56 Å². The Morgan fingerprint density at radius 1 is 1.27 bits per heavy atom. The Kier molecular flexibility index (Phi) is 2.23. The van der Waals surface area contributed by atoms with Crippen LogP contribution in [0.15, 0.2) is 42.2 Å². The zero-order chi connectivity index (χ0) is 10.9. The minimum Gasteiger partial charge on any atom is -0.496 e. The first-order valence-corrected chi connectivity index (χ1v) is 4.71. The summed E-state index contributed by atoms with van der Waals surface area (Å²) in [5.41, 5.74) is 0.122. The van der Waals surface area contributed by atoms with Gasteiger partial charge in [0.15, 0.2) is 11.4 Å². The number of hydrogen-bond acceptors (Lipinski definition) is 3. The van der Waals surface area contributed by atoms with Crippen molar-refractivity contribution >= 4 is 5.97 Å². The average Bonchev–Trinajstić information content (AvgIpc) is 2.56. The second-order valence-corrected chi connectivity index (χ2v) is 3.53. The van der Waals surface area contributed by atoms with E-state index in [1.165, 1.54) is 13.2 Å². The van der Waals surface area contributed by atoms with Gasteiger partial charge in [-0.05, 0) is 6.92 Å². The fourth-order valence-electron chi connectivity index (χ4n) is 1.74. The summed E-state index contributed by atoms with van der Waals surface area (Å²) < 4.78 is 10.4. The number of esters is 1. The largest absolute Gasteiger partial charge is 0.496 e. The second-order valence-electron chi connectivity index (χ2n) is 3.53. The van der Waals surface area contributed by atoms with Crippen LogP contribution in [0.25, 0.3) is 0 Å². The van der Waals surface area contributed by atoms with Crippen LogP contribution in [0.1, 0.15) is 12.5 Å². The van der Waals surface area contributed by atoms with Crippen molar-refractivity contribution in [2.45, 2.75) is 12.5 Å². The first-order chi connectivity index (χ1) is 7.16. The Morgan fingerprint density at radius 3 is 2.53 bits per heavy atom. The molecule has 3 nitrogen and oxygen atoms in total. The highest BCUT2D eigenvalue weighted by Gasteiger charge is 2.41. The lowest BCUT2D eigenvalue weighted by Gasteiger charge is -2.25. The smallest absolute Gasteiger partial charge is 0.335 e. The molecule has 0 radical (unpaired) electrons. The number of methoxy groups -OCH3 is 1. The average molecular weight is 204 g/mol. The maximum atomic E-state index is 11.2. The van der Waals surface area contributed by atoms with Crippen LogP contribution in [0.3, 0.4) is 0 Å². The van der Waals surface area contributed by atoms with Gasteiger partial charge in [0.25, 0.3) is 0 Å². The van der Waals surface area contributed by atoms with Gasteiger partial charge >= 0.3 is 5.97 Å². The van der Waals surface area contributed by atoms with Crippen molar-refractivity contribution < 1.29 is 14.3 Å². The summed E-state index contributed by atoms with van der Waals surface area (Å²) in [5.74, 6) is 0.178. The van der Waals surface area contributed by atoms with Crippen molar-refractivity contribution in [1.82, 2.24) is 0 Å². The molecule has 0 N–H and O–H groups in total. The molecule has 1 aliphatic rings. The molecule has 1 atom stereocenters. The monoisotopic (exact) mass is 204 g/mol. The minimum absolute atomic E-state index is 0.363. The molecule has 1 aromatic rings. The summed E-state index contributed by atoms with van der Waals surface area (Å²) in [4.78, 5) is 11.2. The van der Waals surface area contributed by atoms with E-state index in [9.17, 15) is 4.79 Å². The van der Waals surface area contributed by atoms with Gasteiger partial charge in [0.2, 0.25) is 0 Å². The summed E-state index contributed by atoms with van der Waals surface area (Å²) >= 11 is 0. The Morgan fingerprint density at radius 2 is 1.93 bits per heavy atom. The summed E-state index contributed by atoms with van der Waals surface area (Å²) in [6.45, 7) is 1.82. The lowest BCUT2D eigenvalue weighted by atomic mass is 9.94. The molecule has 1 aliphatic heterocycles. The van der Waals surface area contributed by atoms with Gasteiger partial charge in [0.05, 0.1) is 13.2 Å². The molecule has 0 saturated carbocycles. The molecule has 0 fully saturated rings. The molecule has 0 aliphatic carbocycles. The quantitative estimate of drug-likeness (QED) is 0.691. The van der Waals surface area contributed by atoms with Crippen LogP contribution in [0, 0.1) is 0 Å². The number of cyclic esters (lactones) is 1. The van der Waals surface area contributed by atoms with Crippen LogP contribution >= 0.6 is 0 Å². The van der Waals surface area contributed by atoms with E-state index in [0.29, 0.717) is 5.76 Å². The molecule has 78 valence electrons. The molecule has 0 spiro atoms. The zero-order valence-electron chi connectivity index (χ0n) is 8.69. The predicted octanol–water partition coefficient (Wildman–Crippen LogP) is 1.99. The Balaban J connectivity index is 2.44. The Hall–Kier alpha value is -1.77. The molecule has 1 aromatic carbocycles. The molecular weight excluding hydrogens is 192 g/mol. The molecule has 0 unspecified atom stereocenters. The number of ether oxygens (including phenoxy) is 2. The normalized spacial score (nSPS) is 24.7. The van der Waals surface area contributed by atoms with Gasteiger partial charge in [-0.3, -0.25) is 0 Å². The number of benzene rings is 1. The first kappa shape index (κ1) is 9.77. The summed E-state index contributed by atoms with van der Waals surface area (Å²) in [6, 6.07) is 9.54. The first-order valence-electron chi connectivity index (χ1n) is 4.71. The molecule has 1 heterocycles. The van der Waals surface area contributed by atoms with Crippen LogP contribution in [0.2, 0.25) is 0 Å².